The summed E-state index contributed by atoms with van der Waals surface area (Å²) in [7, 11) is 0. The van der Waals surface area contributed by atoms with Crippen LogP contribution in [0.25, 0.3) is 0 Å². The van der Waals surface area contributed by atoms with Crippen molar-refractivity contribution < 1.29 is 9.84 Å². The third-order valence-corrected chi connectivity index (χ3v) is 14.8. The lowest BCUT2D eigenvalue weighted by Gasteiger charge is -2.62. The van der Waals surface area contributed by atoms with Gasteiger partial charge in [-0.25, -0.2) is 0 Å². The number of benzene rings is 2. The van der Waals surface area contributed by atoms with E-state index in [1.54, 1.807) is 5.56 Å². The van der Waals surface area contributed by atoms with Crippen molar-refractivity contribution in [2.24, 2.45) is 29.6 Å². The van der Waals surface area contributed by atoms with Crippen molar-refractivity contribution in [2.45, 2.75) is 79.8 Å². The Balaban J connectivity index is 0.980. The monoisotopic (exact) mass is 588 g/mol. The van der Waals surface area contributed by atoms with Crippen molar-refractivity contribution in [1.82, 2.24) is 9.80 Å². The number of allylic oxidation sites excluding steroid dienone is 2. The summed E-state index contributed by atoms with van der Waals surface area (Å²) >= 11 is 0. The molecule has 7 heterocycles. The maximum atomic E-state index is 11.0. The number of hydrogen-bond donors (Lipinski definition) is 3. The fraction of sp³-hybridized carbons (Fsp3) is 0.579. The summed E-state index contributed by atoms with van der Waals surface area (Å²) in [4.78, 5) is 5.58. The SMILES string of the molecule is C[C@H]1OC[C@@H]2[C@H]3C[C@@H]4N(CC[C@@]45c4ccccc4N[C@@H]25)[C@H](C=CC2=CN4CC[C@]56c7ccccc7N[C@H]5[C@H](CO)[C@H]2C[C@H]46)[C@H]31. The van der Waals surface area contributed by atoms with Crippen LogP contribution >= 0.6 is 0 Å². The smallest absolute Gasteiger partial charge is 0.0596 e. The van der Waals surface area contributed by atoms with Crippen molar-refractivity contribution in [3.8, 4) is 0 Å². The molecule has 3 N–H and O–H groups in total. The predicted molar refractivity (Wildman–Crippen MR) is 171 cm³/mol. The first kappa shape index (κ1) is 25.4. The maximum absolute atomic E-state index is 11.0. The molecule has 7 aliphatic heterocycles. The zero-order chi connectivity index (χ0) is 28.9. The minimum atomic E-state index is 0.114. The molecule has 2 saturated carbocycles. The van der Waals surface area contributed by atoms with E-state index in [-0.39, 0.29) is 29.5 Å². The molecule has 0 unspecified atom stereocenters. The molecule has 6 nitrogen and oxygen atoms in total. The summed E-state index contributed by atoms with van der Waals surface area (Å²) in [5.41, 5.74) is 7.46. The number of piperidine rings is 1. The number of para-hydroxylation sites is 2. The molecule has 9 aliphatic rings. The Hall–Kier alpha value is -2.80. The minimum Gasteiger partial charge on any atom is -0.396 e. The molecule has 13 atom stereocenters. The van der Waals surface area contributed by atoms with Crippen molar-refractivity contribution >= 4 is 11.4 Å². The van der Waals surface area contributed by atoms with Crippen LogP contribution < -0.4 is 10.6 Å². The molecule has 2 aromatic rings. The number of fused-ring (bicyclic) bond motifs is 4. The molecule has 11 rings (SSSR count). The average Bonchev–Trinajstić information content (AvgIpc) is 3.81. The van der Waals surface area contributed by atoms with Crippen LogP contribution in [0, 0.1) is 29.6 Å². The summed E-state index contributed by atoms with van der Waals surface area (Å²) < 4.78 is 6.68. The van der Waals surface area contributed by atoms with Gasteiger partial charge in [0.2, 0.25) is 0 Å². The van der Waals surface area contributed by atoms with Crippen molar-refractivity contribution in [3.63, 3.8) is 0 Å². The van der Waals surface area contributed by atoms with Gasteiger partial charge < -0.3 is 25.4 Å². The highest BCUT2D eigenvalue weighted by atomic mass is 16.5. The second kappa shape index (κ2) is 8.51. The summed E-state index contributed by atoms with van der Waals surface area (Å²) in [6.45, 7) is 5.74. The molecule has 6 fully saturated rings. The predicted octanol–water partition coefficient (Wildman–Crippen LogP) is 4.73. The van der Waals surface area contributed by atoms with Gasteiger partial charge in [0.1, 0.15) is 0 Å². The first-order chi connectivity index (χ1) is 21.6. The Morgan fingerprint density at radius 2 is 1.64 bits per heavy atom. The van der Waals surface area contributed by atoms with E-state index in [0.717, 1.165) is 26.1 Å². The van der Waals surface area contributed by atoms with Crippen LogP contribution in [-0.2, 0) is 15.6 Å². The van der Waals surface area contributed by atoms with Gasteiger partial charge in [-0.1, -0.05) is 48.6 Å². The molecule has 44 heavy (non-hydrogen) atoms. The van der Waals surface area contributed by atoms with E-state index < -0.39 is 0 Å². The molecule has 0 radical (unpaired) electrons. The van der Waals surface area contributed by atoms with E-state index in [0.29, 0.717) is 53.9 Å². The van der Waals surface area contributed by atoms with Gasteiger partial charge in [-0.05, 0) is 73.3 Å². The van der Waals surface area contributed by atoms with Gasteiger partial charge in [0.25, 0.3) is 0 Å². The molecule has 228 valence electrons. The van der Waals surface area contributed by atoms with Crippen LogP contribution in [0.4, 0.5) is 11.4 Å². The lowest BCUT2D eigenvalue weighted by Crippen LogP contribution is -2.69. The number of anilines is 2. The number of ether oxygens (including phenoxy) is 1. The highest BCUT2D eigenvalue weighted by Crippen LogP contribution is 2.65. The zero-order valence-corrected chi connectivity index (χ0v) is 25.6. The summed E-state index contributed by atoms with van der Waals surface area (Å²) in [6, 6.07) is 20.4. The molecule has 2 aromatic carbocycles. The maximum Gasteiger partial charge on any atom is 0.0596 e. The number of hydrogen-bond acceptors (Lipinski definition) is 6. The van der Waals surface area contributed by atoms with Gasteiger partial charge in [-0.15, -0.1) is 0 Å². The van der Waals surface area contributed by atoms with Gasteiger partial charge in [0.05, 0.1) is 12.7 Å². The van der Waals surface area contributed by atoms with E-state index in [9.17, 15) is 5.11 Å². The molecular weight excluding hydrogens is 544 g/mol. The molecule has 0 amide bonds. The van der Waals surface area contributed by atoms with Gasteiger partial charge in [0, 0.05) is 96.1 Å². The Kier molecular flexibility index (Phi) is 4.91. The molecule has 2 aliphatic carbocycles. The van der Waals surface area contributed by atoms with Crippen LogP contribution in [0.1, 0.15) is 43.7 Å². The second-order valence-corrected chi connectivity index (χ2v) is 15.8. The Bertz CT molecular complexity index is 1620. The average molecular weight is 589 g/mol. The first-order valence-electron chi connectivity index (χ1n) is 17.5. The van der Waals surface area contributed by atoms with E-state index >= 15 is 0 Å². The Labute approximate surface area is 260 Å². The second-order valence-electron chi connectivity index (χ2n) is 15.8. The van der Waals surface area contributed by atoms with Gasteiger partial charge in [0.15, 0.2) is 0 Å². The topological polar surface area (TPSA) is 60.0 Å². The molecule has 6 heteroatoms. The van der Waals surface area contributed by atoms with Crippen molar-refractivity contribution in [3.05, 3.63) is 83.6 Å². The van der Waals surface area contributed by atoms with Crippen molar-refractivity contribution in [2.75, 3.05) is 36.9 Å². The Morgan fingerprint density at radius 1 is 0.909 bits per heavy atom. The molecular formula is C38H44N4O2. The molecule has 2 spiro atoms. The summed E-state index contributed by atoms with van der Waals surface area (Å²) in [5.74, 6) is 2.38. The van der Waals surface area contributed by atoms with Crippen LogP contribution in [0.15, 0.2) is 72.5 Å². The Morgan fingerprint density at radius 3 is 2.43 bits per heavy atom. The summed E-state index contributed by atoms with van der Waals surface area (Å²) in [6.07, 6.45) is 12.8. The molecule has 4 saturated heterocycles. The quantitative estimate of drug-likeness (QED) is 0.482. The molecule has 4 bridgehead atoms. The molecule has 0 aromatic heterocycles. The van der Waals surface area contributed by atoms with E-state index in [2.05, 4.69) is 94.2 Å². The zero-order valence-electron chi connectivity index (χ0n) is 25.6. The number of aliphatic hydroxyl groups excluding tert-OH is 1. The van der Waals surface area contributed by atoms with Crippen LogP contribution in [0.3, 0.4) is 0 Å². The van der Waals surface area contributed by atoms with E-state index in [4.69, 9.17) is 4.74 Å². The lowest BCUT2D eigenvalue weighted by atomic mass is 9.52. The van der Waals surface area contributed by atoms with Crippen molar-refractivity contribution in [1.29, 1.82) is 0 Å². The van der Waals surface area contributed by atoms with Gasteiger partial charge in [-0.2, -0.15) is 0 Å². The number of rotatable bonds is 3. The third-order valence-electron chi connectivity index (χ3n) is 14.8. The fourth-order valence-corrected chi connectivity index (χ4v) is 13.3. The van der Waals surface area contributed by atoms with Crippen LogP contribution in [0.2, 0.25) is 0 Å². The third kappa shape index (κ3) is 2.79. The highest BCUT2D eigenvalue weighted by molar-refractivity contribution is 5.66. The number of nitrogens with zero attached hydrogens (tertiary/aromatic N) is 2. The minimum absolute atomic E-state index is 0.114. The highest BCUT2D eigenvalue weighted by Gasteiger charge is 2.69. The van der Waals surface area contributed by atoms with Crippen LogP contribution in [-0.4, -0.2) is 77.5 Å². The summed E-state index contributed by atoms with van der Waals surface area (Å²) in [5, 5.41) is 19.0. The van der Waals surface area contributed by atoms with Gasteiger partial charge in [-0.3, -0.25) is 4.90 Å². The van der Waals surface area contributed by atoms with E-state index in [1.165, 1.54) is 41.8 Å². The fourth-order valence-electron chi connectivity index (χ4n) is 13.3. The lowest BCUT2D eigenvalue weighted by molar-refractivity contribution is -0.162. The van der Waals surface area contributed by atoms with Crippen LogP contribution in [0.5, 0.6) is 0 Å². The largest absolute Gasteiger partial charge is 0.396 e. The normalized spacial score (nSPS) is 48.3. The standard InChI is InChI=1S/C38H44N4O2/c1-21-34-24-17-33-38(28-7-3-5-9-30(28)40-36(38)26(24)20-44-21)13-15-42(33)31(34)11-10-22-18-41-14-12-37-27-6-2-4-8-29(27)39-35(37)25(19-43)23(22)16-32(37)41/h2-11,18,21,23-26,31-36,39-40,43H,12-17,19-20H2,1H3/t21-,23+,24-,25-,26-,31-,32+,33+,34+,35+,36+,37-,38-/m1/s1. The number of aliphatic hydroxyl groups is 1. The van der Waals surface area contributed by atoms with E-state index in [1.807, 2.05) is 0 Å². The number of nitrogens with one attached hydrogen (secondary N) is 2. The van der Waals surface area contributed by atoms with Gasteiger partial charge >= 0.3 is 0 Å². The first-order valence-corrected chi connectivity index (χ1v) is 17.5.